The van der Waals surface area contributed by atoms with Crippen molar-refractivity contribution in [2.75, 3.05) is 11.9 Å². The van der Waals surface area contributed by atoms with E-state index in [1.807, 2.05) is 44.5 Å². The molecule has 0 saturated heterocycles. The number of carbonyl (C=O) groups excluding carboxylic acids is 2. The van der Waals surface area contributed by atoms with E-state index >= 15 is 0 Å². The zero-order chi connectivity index (χ0) is 19.8. The lowest BCUT2D eigenvalue weighted by Gasteiger charge is -2.26. The largest absolute Gasteiger partial charge is 0.336 e. The molecule has 0 unspecified atom stereocenters. The van der Waals surface area contributed by atoms with E-state index in [9.17, 15) is 9.59 Å². The van der Waals surface area contributed by atoms with Gasteiger partial charge in [-0.3, -0.25) is 14.9 Å². The number of para-hydroxylation sites is 2. The summed E-state index contributed by atoms with van der Waals surface area (Å²) in [7, 11) is 0. The van der Waals surface area contributed by atoms with Crippen LogP contribution in [0.1, 0.15) is 20.9 Å². The lowest BCUT2D eigenvalue weighted by atomic mass is 10.2. The van der Waals surface area contributed by atoms with Crippen LogP contribution in [-0.2, 0) is 24.3 Å². The number of nitrogens with one attached hydrogen (secondary N) is 1. The van der Waals surface area contributed by atoms with Gasteiger partial charge in [0.25, 0.3) is 5.91 Å². The number of hydrogen-bond donors (Lipinski definition) is 1. The molecule has 0 saturated carbocycles. The Hall–Kier alpha value is -3.04. The molecule has 5 rings (SSSR count). The van der Waals surface area contributed by atoms with E-state index in [1.54, 1.807) is 12.4 Å². The number of carbonyl (C=O) groups is 2. The summed E-state index contributed by atoms with van der Waals surface area (Å²) in [6.07, 6.45) is 2.40. The fourth-order valence-electron chi connectivity index (χ4n) is 3.41. The summed E-state index contributed by atoms with van der Waals surface area (Å²) in [4.78, 5) is 36.9. The number of fused-ring (bicyclic) bond motifs is 2. The maximum absolute atomic E-state index is 12.9. The number of rotatable bonds is 4. The number of imidazole rings is 1. The highest BCUT2D eigenvalue weighted by Crippen LogP contribution is 2.29. The molecule has 1 aliphatic heterocycles. The second-order valence-electron chi connectivity index (χ2n) is 6.78. The quantitative estimate of drug-likeness (QED) is 0.546. The number of amides is 2. The molecule has 1 N–H and O–H groups in total. The second-order valence-corrected chi connectivity index (χ2v) is 8.65. The molecule has 3 aromatic heterocycles. The lowest BCUT2D eigenvalue weighted by Crippen LogP contribution is -2.37. The third kappa shape index (κ3) is 3.54. The smallest absolute Gasteiger partial charge is 0.258 e. The minimum atomic E-state index is -0.155. The molecule has 0 spiro atoms. The fraction of sp³-hybridized carbons (Fsp3) is 0.200. The van der Waals surface area contributed by atoms with Gasteiger partial charge in [0.05, 0.1) is 35.2 Å². The van der Waals surface area contributed by atoms with Gasteiger partial charge in [-0.25, -0.2) is 9.97 Å². The predicted molar refractivity (Wildman–Crippen MR) is 113 cm³/mol. The van der Waals surface area contributed by atoms with Crippen molar-refractivity contribution in [3.8, 4) is 0 Å². The minimum absolute atomic E-state index is 0.0519. The Morgan fingerprint density at radius 3 is 2.97 bits per heavy atom. The van der Waals surface area contributed by atoms with E-state index in [2.05, 4.69) is 15.3 Å². The predicted octanol–water partition coefficient (Wildman–Crippen LogP) is 3.39. The Kier molecular flexibility index (Phi) is 4.61. The third-order valence-corrected chi connectivity index (χ3v) is 6.60. The first-order valence-electron chi connectivity index (χ1n) is 9.17. The van der Waals surface area contributed by atoms with Crippen molar-refractivity contribution in [1.29, 1.82) is 0 Å². The number of anilines is 1. The van der Waals surface area contributed by atoms with E-state index in [0.717, 1.165) is 21.6 Å². The average molecular weight is 424 g/mol. The van der Waals surface area contributed by atoms with Crippen LogP contribution in [0.15, 0.2) is 47.4 Å². The molecular formula is C20H17N5O2S2. The van der Waals surface area contributed by atoms with Gasteiger partial charge in [-0.15, -0.1) is 0 Å². The third-order valence-electron chi connectivity index (χ3n) is 4.92. The Bertz CT molecular complexity index is 1190. The van der Waals surface area contributed by atoms with Crippen LogP contribution in [0.5, 0.6) is 0 Å². The number of benzene rings is 1. The lowest BCUT2D eigenvalue weighted by molar-refractivity contribution is -0.132. The van der Waals surface area contributed by atoms with Crippen LogP contribution >= 0.6 is 22.7 Å². The Balaban J connectivity index is 1.27. The van der Waals surface area contributed by atoms with Crippen LogP contribution in [-0.4, -0.2) is 37.8 Å². The summed E-state index contributed by atoms with van der Waals surface area (Å²) in [5.41, 5.74) is 3.43. The van der Waals surface area contributed by atoms with Gasteiger partial charge in [0.1, 0.15) is 6.54 Å². The highest BCUT2D eigenvalue weighted by atomic mass is 32.1. The minimum Gasteiger partial charge on any atom is -0.336 e. The molecule has 0 atom stereocenters. The van der Waals surface area contributed by atoms with Crippen LogP contribution in [0, 0.1) is 0 Å². The molecule has 0 fully saturated rings. The van der Waals surface area contributed by atoms with Gasteiger partial charge in [-0.1, -0.05) is 23.5 Å². The van der Waals surface area contributed by atoms with E-state index in [4.69, 9.17) is 0 Å². The van der Waals surface area contributed by atoms with Gasteiger partial charge in [-0.2, -0.15) is 11.3 Å². The number of nitrogens with zero attached hydrogens (tertiary/aromatic N) is 4. The molecule has 0 aliphatic carbocycles. The normalized spacial score (nSPS) is 13.4. The van der Waals surface area contributed by atoms with Crippen LogP contribution in [0.4, 0.5) is 5.13 Å². The molecule has 4 aromatic rings. The topological polar surface area (TPSA) is 80.1 Å². The van der Waals surface area contributed by atoms with Crippen molar-refractivity contribution in [3.63, 3.8) is 0 Å². The van der Waals surface area contributed by atoms with Gasteiger partial charge < -0.3 is 9.47 Å². The summed E-state index contributed by atoms with van der Waals surface area (Å²) in [6.45, 7) is 1.41. The highest BCUT2D eigenvalue weighted by molar-refractivity contribution is 7.16. The summed E-state index contributed by atoms with van der Waals surface area (Å²) in [5.74, 6) is -0.103. The van der Waals surface area contributed by atoms with Crippen LogP contribution in [0.25, 0.3) is 11.0 Å². The summed E-state index contributed by atoms with van der Waals surface area (Å²) >= 11 is 2.92. The Labute approximate surface area is 174 Å². The van der Waals surface area contributed by atoms with Gasteiger partial charge in [0.15, 0.2) is 5.13 Å². The summed E-state index contributed by atoms with van der Waals surface area (Å²) in [6, 6.07) is 9.57. The van der Waals surface area contributed by atoms with Gasteiger partial charge in [-0.05, 0) is 23.6 Å². The molecule has 2 amide bonds. The molecule has 146 valence electrons. The summed E-state index contributed by atoms with van der Waals surface area (Å²) < 4.78 is 1.88. The van der Waals surface area contributed by atoms with Crippen molar-refractivity contribution < 1.29 is 9.59 Å². The standard InChI is InChI=1S/C20H17N5O2S2/c26-18(10-25-12-21-14-3-1-2-4-16(14)25)24-7-5-15-17(9-24)29-20(22-15)23-19(27)13-6-8-28-11-13/h1-4,6,8,11-12H,5,7,9-10H2,(H,22,23,27). The van der Waals surface area contributed by atoms with Crippen molar-refractivity contribution >= 4 is 50.7 Å². The zero-order valence-corrected chi connectivity index (χ0v) is 17.0. The van der Waals surface area contributed by atoms with Crippen molar-refractivity contribution in [1.82, 2.24) is 19.4 Å². The second kappa shape index (κ2) is 7.41. The van der Waals surface area contributed by atoms with E-state index in [0.29, 0.717) is 30.2 Å². The number of thiazole rings is 1. The Morgan fingerprint density at radius 1 is 1.21 bits per heavy atom. The van der Waals surface area contributed by atoms with E-state index < -0.39 is 0 Å². The molecule has 7 nitrogen and oxygen atoms in total. The van der Waals surface area contributed by atoms with Crippen molar-refractivity contribution in [2.24, 2.45) is 0 Å². The van der Waals surface area contributed by atoms with Crippen LogP contribution in [0.3, 0.4) is 0 Å². The first-order valence-corrected chi connectivity index (χ1v) is 10.9. The molecule has 29 heavy (non-hydrogen) atoms. The van der Waals surface area contributed by atoms with Crippen molar-refractivity contribution in [3.05, 3.63) is 63.6 Å². The van der Waals surface area contributed by atoms with E-state index in [-0.39, 0.29) is 18.4 Å². The Morgan fingerprint density at radius 2 is 2.10 bits per heavy atom. The molecule has 0 radical (unpaired) electrons. The van der Waals surface area contributed by atoms with Gasteiger partial charge >= 0.3 is 0 Å². The SMILES string of the molecule is O=C(Nc1nc2c(s1)CN(C(=O)Cn1cnc3ccccc31)CC2)c1ccsc1. The number of aromatic nitrogens is 3. The monoisotopic (exact) mass is 423 g/mol. The molecule has 9 heteroatoms. The van der Waals surface area contributed by atoms with Crippen LogP contribution in [0.2, 0.25) is 0 Å². The summed E-state index contributed by atoms with van der Waals surface area (Å²) in [5, 5.41) is 7.12. The molecular weight excluding hydrogens is 406 g/mol. The first-order chi connectivity index (χ1) is 14.2. The number of thiophene rings is 1. The average Bonchev–Trinajstić information content (AvgIpc) is 3.47. The highest BCUT2D eigenvalue weighted by Gasteiger charge is 2.25. The first kappa shape index (κ1) is 18.0. The number of hydrogen-bond acceptors (Lipinski definition) is 6. The van der Waals surface area contributed by atoms with Crippen LogP contribution < -0.4 is 5.32 Å². The maximum atomic E-state index is 12.9. The zero-order valence-electron chi connectivity index (χ0n) is 15.4. The molecule has 1 aromatic carbocycles. The maximum Gasteiger partial charge on any atom is 0.258 e. The fourth-order valence-corrected chi connectivity index (χ4v) is 5.06. The van der Waals surface area contributed by atoms with Gasteiger partial charge in [0, 0.05) is 23.2 Å². The molecule has 1 aliphatic rings. The van der Waals surface area contributed by atoms with Gasteiger partial charge in [0.2, 0.25) is 5.91 Å². The van der Waals surface area contributed by atoms with Crippen molar-refractivity contribution in [2.45, 2.75) is 19.5 Å². The van der Waals surface area contributed by atoms with E-state index in [1.165, 1.54) is 22.7 Å². The molecule has 0 bridgehead atoms. The molecule has 4 heterocycles.